The minimum atomic E-state index is 0.150. The summed E-state index contributed by atoms with van der Waals surface area (Å²) >= 11 is 0. The van der Waals surface area contributed by atoms with Crippen LogP contribution in [0.25, 0.3) is 0 Å². The van der Waals surface area contributed by atoms with Gasteiger partial charge in [0, 0.05) is 33.2 Å². The Balaban J connectivity index is 1.62. The van der Waals surface area contributed by atoms with Crippen molar-refractivity contribution in [3.8, 4) is 0 Å². The molecule has 1 unspecified atom stereocenters. The van der Waals surface area contributed by atoms with Gasteiger partial charge in [0.25, 0.3) is 0 Å². The summed E-state index contributed by atoms with van der Waals surface area (Å²) in [6.07, 6.45) is 0. The third-order valence-electron chi connectivity index (χ3n) is 5.04. The van der Waals surface area contributed by atoms with Crippen LogP contribution in [-0.2, 0) is 18.3 Å². The van der Waals surface area contributed by atoms with E-state index in [0.717, 1.165) is 57.0 Å². The number of aryl methyl sites for hydroxylation is 1. The molecule has 0 bridgehead atoms. The van der Waals surface area contributed by atoms with Crippen LogP contribution in [0.3, 0.4) is 0 Å². The van der Waals surface area contributed by atoms with E-state index in [1.165, 1.54) is 5.56 Å². The molecule has 1 aromatic heterocycles. The lowest BCUT2D eigenvalue weighted by Crippen LogP contribution is -2.45. The van der Waals surface area contributed by atoms with Gasteiger partial charge in [-0.25, -0.2) is 4.99 Å². The van der Waals surface area contributed by atoms with Crippen LogP contribution in [-0.4, -0.2) is 65.0 Å². The number of ether oxygens (including phenoxy) is 1. The predicted octanol–water partition coefficient (Wildman–Crippen LogP) is 1.25. The number of aromatic nitrogens is 3. The SMILES string of the molecule is Cc1nnc(CN=C(NCCN2CCOCC2)NC(C)c2ccccc2)n1C. The number of nitrogens with zero attached hydrogens (tertiary/aromatic N) is 5. The van der Waals surface area contributed by atoms with Crippen LogP contribution in [0.2, 0.25) is 0 Å². The number of hydrogen-bond donors (Lipinski definition) is 2. The molecule has 1 aromatic carbocycles. The van der Waals surface area contributed by atoms with E-state index >= 15 is 0 Å². The minimum absolute atomic E-state index is 0.150. The van der Waals surface area contributed by atoms with Crippen molar-refractivity contribution in [3.05, 3.63) is 47.5 Å². The van der Waals surface area contributed by atoms with Gasteiger partial charge in [0.1, 0.15) is 12.4 Å². The monoisotopic (exact) mass is 385 g/mol. The van der Waals surface area contributed by atoms with Crippen molar-refractivity contribution in [3.63, 3.8) is 0 Å². The third-order valence-corrected chi connectivity index (χ3v) is 5.04. The fraction of sp³-hybridized carbons (Fsp3) is 0.550. The summed E-state index contributed by atoms with van der Waals surface area (Å²) in [6, 6.07) is 10.5. The number of rotatable bonds is 7. The van der Waals surface area contributed by atoms with E-state index in [4.69, 9.17) is 9.73 Å². The lowest BCUT2D eigenvalue weighted by Gasteiger charge is -2.27. The van der Waals surface area contributed by atoms with E-state index in [2.05, 4.69) is 56.9 Å². The maximum Gasteiger partial charge on any atom is 0.192 e. The molecule has 8 heteroatoms. The number of benzene rings is 1. The van der Waals surface area contributed by atoms with Crippen LogP contribution in [0.4, 0.5) is 0 Å². The zero-order chi connectivity index (χ0) is 19.8. The first-order valence-electron chi connectivity index (χ1n) is 9.88. The summed E-state index contributed by atoms with van der Waals surface area (Å²) in [6.45, 7) is 9.95. The van der Waals surface area contributed by atoms with Crippen molar-refractivity contribution in [2.45, 2.75) is 26.4 Å². The van der Waals surface area contributed by atoms with Crippen molar-refractivity contribution in [2.24, 2.45) is 12.0 Å². The van der Waals surface area contributed by atoms with Crippen LogP contribution < -0.4 is 10.6 Å². The van der Waals surface area contributed by atoms with Gasteiger partial charge in [-0.3, -0.25) is 4.90 Å². The normalized spacial score (nSPS) is 16.8. The lowest BCUT2D eigenvalue weighted by atomic mass is 10.1. The summed E-state index contributed by atoms with van der Waals surface area (Å²) in [5.74, 6) is 2.52. The first kappa shape index (κ1) is 20.3. The second-order valence-electron chi connectivity index (χ2n) is 7.04. The van der Waals surface area contributed by atoms with Crippen molar-refractivity contribution in [1.29, 1.82) is 0 Å². The largest absolute Gasteiger partial charge is 0.379 e. The molecule has 28 heavy (non-hydrogen) atoms. The molecule has 1 aliphatic heterocycles. The van der Waals surface area contributed by atoms with Gasteiger partial charge in [-0.2, -0.15) is 0 Å². The fourth-order valence-corrected chi connectivity index (χ4v) is 3.08. The highest BCUT2D eigenvalue weighted by Gasteiger charge is 2.12. The Kier molecular flexibility index (Phi) is 7.39. The maximum absolute atomic E-state index is 5.42. The van der Waals surface area contributed by atoms with Crippen molar-refractivity contribution in [1.82, 2.24) is 30.3 Å². The second kappa shape index (κ2) is 10.2. The molecular formula is C20H31N7O. The smallest absolute Gasteiger partial charge is 0.192 e. The van der Waals surface area contributed by atoms with E-state index in [1.54, 1.807) is 0 Å². The molecule has 0 saturated carbocycles. The van der Waals surface area contributed by atoms with Crippen LogP contribution in [0, 0.1) is 6.92 Å². The van der Waals surface area contributed by atoms with E-state index in [9.17, 15) is 0 Å². The average Bonchev–Trinajstić information content (AvgIpc) is 3.05. The van der Waals surface area contributed by atoms with Crippen molar-refractivity contribution >= 4 is 5.96 Å². The van der Waals surface area contributed by atoms with Gasteiger partial charge in [-0.1, -0.05) is 30.3 Å². The molecule has 3 rings (SSSR count). The second-order valence-corrected chi connectivity index (χ2v) is 7.04. The van der Waals surface area contributed by atoms with E-state index < -0.39 is 0 Å². The number of morpholine rings is 1. The third kappa shape index (κ3) is 5.77. The molecule has 1 aliphatic rings. The van der Waals surface area contributed by atoms with E-state index in [1.807, 2.05) is 24.6 Å². The molecular weight excluding hydrogens is 354 g/mol. The van der Waals surface area contributed by atoms with Gasteiger partial charge in [-0.05, 0) is 19.4 Å². The number of nitrogens with one attached hydrogen (secondary N) is 2. The highest BCUT2D eigenvalue weighted by molar-refractivity contribution is 5.80. The van der Waals surface area contributed by atoms with Crippen LogP contribution in [0.15, 0.2) is 35.3 Å². The Morgan fingerprint density at radius 1 is 1.21 bits per heavy atom. The zero-order valence-corrected chi connectivity index (χ0v) is 17.1. The molecule has 8 nitrogen and oxygen atoms in total. The first-order chi connectivity index (χ1) is 13.6. The molecule has 2 N–H and O–H groups in total. The highest BCUT2D eigenvalue weighted by Crippen LogP contribution is 2.11. The molecule has 1 fully saturated rings. The van der Waals surface area contributed by atoms with Crippen molar-refractivity contribution < 1.29 is 4.74 Å². The summed E-state index contributed by atoms with van der Waals surface area (Å²) in [5.41, 5.74) is 1.22. The van der Waals surface area contributed by atoms with E-state index in [-0.39, 0.29) is 6.04 Å². The van der Waals surface area contributed by atoms with Crippen LogP contribution in [0.1, 0.15) is 30.2 Å². The number of guanidine groups is 1. The molecule has 2 heterocycles. The fourth-order valence-electron chi connectivity index (χ4n) is 3.08. The molecule has 152 valence electrons. The zero-order valence-electron chi connectivity index (χ0n) is 17.1. The molecule has 2 aromatic rings. The van der Waals surface area contributed by atoms with Gasteiger partial charge in [0.15, 0.2) is 11.8 Å². The average molecular weight is 386 g/mol. The maximum atomic E-state index is 5.42. The first-order valence-corrected chi connectivity index (χ1v) is 9.88. The Hall–Kier alpha value is -2.45. The van der Waals surface area contributed by atoms with Gasteiger partial charge < -0.3 is 19.9 Å². The topological polar surface area (TPSA) is 79.6 Å². The quantitative estimate of drug-likeness (QED) is 0.552. The van der Waals surface area contributed by atoms with E-state index in [0.29, 0.717) is 6.54 Å². The predicted molar refractivity (Wildman–Crippen MR) is 110 cm³/mol. The molecule has 0 aliphatic carbocycles. The van der Waals surface area contributed by atoms with Gasteiger partial charge in [-0.15, -0.1) is 10.2 Å². The molecule has 1 saturated heterocycles. The lowest BCUT2D eigenvalue weighted by molar-refractivity contribution is 0.0389. The Labute approximate surface area is 167 Å². The molecule has 0 radical (unpaired) electrons. The van der Waals surface area contributed by atoms with Gasteiger partial charge >= 0.3 is 0 Å². The van der Waals surface area contributed by atoms with Crippen LogP contribution in [0.5, 0.6) is 0 Å². The molecule has 0 spiro atoms. The summed E-state index contributed by atoms with van der Waals surface area (Å²) in [4.78, 5) is 7.15. The van der Waals surface area contributed by atoms with Gasteiger partial charge in [0.05, 0.1) is 19.3 Å². The Morgan fingerprint density at radius 2 is 1.96 bits per heavy atom. The van der Waals surface area contributed by atoms with Gasteiger partial charge in [0.2, 0.25) is 0 Å². The van der Waals surface area contributed by atoms with Crippen LogP contribution >= 0.6 is 0 Å². The number of aliphatic imine (C=N–C) groups is 1. The standard InChI is InChI=1S/C20H31N7O/c1-16(18-7-5-4-6-8-18)23-20(21-9-10-27-11-13-28-14-12-27)22-15-19-25-24-17(2)26(19)3/h4-8,16H,9-15H2,1-3H3,(H2,21,22,23). The number of hydrogen-bond acceptors (Lipinski definition) is 5. The molecule has 0 amide bonds. The Bertz CT molecular complexity index is 753. The highest BCUT2D eigenvalue weighted by atomic mass is 16.5. The summed E-state index contributed by atoms with van der Waals surface area (Å²) in [5, 5.41) is 15.3. The summed E-state index contributed by atoms with van der Waals surface area (Å²) < 4.78 is 7.38. The minimum Gasteiger partial charge on any atom is -0.379 e. The van der Waals surface area contributed by atoms with Crippen molar-refractivity contribution in [2.75, 3.05) is 39.4 Å². The molecule has 1 atom stereocenters. The Morgan fingerprint density at radius 3 is 2.64 bits per heavy atom. The summed E-state index contributed by atoms with van der Waals surface area (Å²) in [7, 11) is 1.96.